The lowest BCUT2D eigenvalue weighted by Crippen LogP contribution is -2.30. The van der Waals surface area contributed by atoms with E-state index >= 15 is 0 Å². The largest absolute Gasteiger partial charge is 0.347 e. The number of aryl methyl sites for hydroxylation is 1. The number of aromatic nitrogens is 2. The number of carbonyl (C=O) groups excluding carboxylic acids is 1. The first-order valence-corrected chi connectivity index (χ1v) is 7.29. The van der Waals surface area contributed by atoms with E-state index in [-0.39, 0.29) is 11.9 Å². The fourth-order valence-electron chi connectivity index (χ4n) is 2.12. The Kier molecular flexibility index (Phi) is 4.59. The van der Waals surface area contributed by atoms with Crippen LogP contribution in [0.3, 0.4) is 0 Å². The SMILES string of the molecule is Cc1cn(C(C)C(=O)N(C)C)nc1-c1ccc(Cl)cc1Cl. The van der Waals surface area contributed by atoms with Crippen LogP contribution in [0.4, 0.5) is 0 Å². The van der Waals surface area contributed by atoms with Crippen LogP contribution in [0.1, 0.15) is 18.5 Å². The lowest BCUT2D eigenvalue weighted by molar-refractivity contribution is -0.131. The van der Waals surface area contributed by atoms with Gasteiger partial charge in [0.25, 0.3) is 0 Å². The number of benzene rings is 1. The van der Waals surface area contributed by atoms with Gasteiger partial charge in [0.1, 0.15) is 6.04 Å². The number of halogens is 2. The smallest absolute Gasteiger partial charge is 0.246 e. The number of carbonyl (C=O) groups is 1. The van der Waals surface area contributed by atoms with Gasteiger partial charge in [-0.15, -0.1) is 0 Å². The van der Waals surface area contributed by atoms with Crippen molar-refractivity contribution in [2.75, 3.05) is 14.1 Å². The molecule has 0 radical (unpaired) electrons. The van der Waals surface area contributed by atoms with Gasteiger partial charge in [-0.25, -0.2) is 0 Å². The van der Waals surface area contributed by atoms with E-state index in [0.29, 0.717) is 10.0 Å². The first kappa shape index (κ1) is 15.9. The first-order chi connectivity index (χ1) is 9.81. The highest BCUT2D eigenvalue weighted by Crippen LogP contribution is 2.31. The first-order valence-electron chi connectivity index (χ1n) is 6.53. The average molecular weight is 326 g/mol. The Bertz CT molecular complexity index is 680. The summed E-state index contributed by atoms with van der Waals surface area (Å²) < 4.78 is 1.66. The summed E-state index contributed by atoms with van der Waals surface area (Å²) in [5.74, 6) is -0.00810. The molecule has 0 bridgehead atoms. The fraction of sp³-hybridized carbons (Fsp3) is 0.333. The van der Waals surface area contributed by atoms with E-state index in [2.05, 4.69) is 5.10 Å². The number of rotatable bonds is 3. The Morgan fingerprint density at radius 1 is 1.33 bits per heavy atom. The molecule has 0 aliphatic rings. The average Bonchev–Trinajstić information content (AvgIpc) is 2.79. The predicted molar refractivity (Wildman–Crippen MR) is 85.8 cm³/mol. The monoisotopic (exact) mass is 325 g/mol. The van der Waals surface area contributed by atoms with E-state index < -0.39 is 0 Å². The number of likely N-dealkylation sites (N-methyl/N-ethyl adjacent to an activating group) is 1. The number of hydrogen-bond donors (Lipinski definition) is 0. The maximum Gasteiger partial charge on any atom is 0.246 e. The molecule has 4 nitrogen and oxygen atoms in total. The van der Waals surface area contributed by atoms with Crippen molar-refractivity contribution in [3.8, 4) is 11.3 Å². The minimum Gasteiger partial charge on any atom is -0.347 e. The third-order valence-corrected chi connectivity index (χ3v) is 3.84. The van der Waals surface area contributed by atoms with E-state index in [4.69, 9.17) is 23.2 Å². The molecule has 1 heterocycles. The third-order valence-electron chi connectivity index (χ3n) is 3.30. The zero-order valence-corrected chi connectivity index (χ0v) is 13.9. The molecule has 1 amide bonds. The van der Waals surface area contributed by atoms with Crippen LogP contribution in [0, 0.1) is 6.92 Å². The lowest BCUT2D eigenvalue weighted by atomic mass is 10.1. The van der Waals surface area contributed by atoms with Crippen molar-refractivity contribution in [3.05, 3.63) is 40.0 Å². The topological polar surface area (TPSA) is 38.1 Å². The molecule has 0 fully saturated rings. The summed E-state index contributed by atoms with van der Waals surface area (Å²) in [6.07, 6.45) is 1.85. The van der Waals surface area contributed by atoms with Gasteiger partial charge in [0.15, 0.2) is 0 Å². The van der Waals surface area contributed by atoms with Gasteiger partial charge in [0.05, 0.1) is 10.7 Å². The van der Waals surface area contributed by atoms with Crippen molar-refractivity contribution in [1.82, 2.24) is 14.7 Å². The summed E-state index contributed by atoms with van der Waals surface area (Å²) >= 11 is 12.1. The molecule has 112 valence electrons. The highest BCUT2D eigenvalue weighted by molar-refractivity contribution is 6.36. The molecule has 6 heteroatoms. The quantitative estimate of drug-likeness (QED) is 0.860. The van der Waals surface area contributed by atoms with Crippen LogP contribution in [0.5, 0.6) is 0 Å². The van der Waals surface area contributed by atoms with Gasteiger partial charge in [0, 0.05) is 30.9 Å². The van der Waals surface area contributed by atoms with Gasteiger partial charge in [-0.1, -0.05) is 23.2 Å². The van der Waals surface area contributed by atoms with Gasteiger partial charge in [-0.2, -0.15) is 5.10 Å². The molecule has 0 spiro atoms. The van der Waals surface area contributed by atoms with Crippen molar-refractivity contribution in [3.63, 3.8) is 0 Å². The molecule has 1 aromatic heterocycles. The van der Waals surface area contributed by atoms with Crippen LogP contribution >= 0.6 is 23.2 Å². The minimum atomic E-state index is -0.362. The van der Waals surface area contributed by atoms with E-state index in [0.717, 1.165) is 16.8 Å². The van der Waals surface area contributed by atoms with Gasteiger partial charge in [-0.3, -0.25) is 9.48 Å². The summed E-state index contributed by atoms with van der Waals surface area (Å²) in [6, 6.07) is 4.93. The molecule has 1 aromatic carbocycles. The van der Waals surface area contributed by atoms with Crippen LogP contribution in [0.25, 0.3) is 11.3 Å². The van der Waals surface area contributed by atoms with Crippen LogP contribution in [0.15, 0.2) is 24.4 Å². The number of hydrogen-bond acceptors (Lipinski definition) is 2. The van der Waals surface area contributed by atoms with Crippen molar-refractivity contribution in [2.24, 2.45) is 0 Å². The summed E-state index contributed by atoms with van der Waals surface area (Å²) in [5.41, 5.74) is 2.52. The van der Waals surface area contributed by atoms with E-state index in [1.807, 2.05) is 26.1 Å². The van der Waals surface area contributed by atoms with E-state index in [1.54, 1.807) is 35.8 Å². The normalized spacial score (nSPS) is 12.3. The zero-order chi connectivity index (χ0) is 15.7. The molecule has 0 N–H and O–H groups in total. The van der Waals surface area contributed by atoms with Gasteiger partial charge >= 0.3 is 0 Å². The van der Waals surface area contributed by atoms with Crippen molar-refractivity contribution >= 4 is 29.1 Å². The molecule has 0 aliphatic heterocycles. The Labute approximate surface area is 134 Å². The van der Waals surface area contributed by atoms with E-state index in [9.17, 15) is 4.79 Å². The summed E-state index contributed by atoms with van der Waals surface area (Å²) in [6.45, 7) is 3.76. The molecule has 2 aromatic rings. The molecule has 0 saturated heterocycles. The van der Waals surface area contributed by atoms with Crippen LogP contribution < -0.4 is 0 Å². The summed E-state index contributed by atoms with van der Waals surface area (Å²) in [4.78, 5) is 13.6. The lowest BCUT2D eigenvalue weighted by Gasteiger charge is -2.16. The predicted octanol–water partition coefficient (Wildman–Crippen LogP) is 3.81. The number of amides is 1. The van der Waals surface area contributed by atoms with Crippen LogP contribution in [-0.4, -0.2) is 34.7 Å². The zero-order valence-electron chi connectivity index (χ0n) is 12.4. The second-order valence-electron chi connectivity index (χ2n) is 5.17. The Morgan fingerprint density at radius 3 is 2.57 bits per heavy atom. The number of nitrogens with zero attached hydrogens (tertiary/aromatic N) is 3. The van der Waals surface area contributed by atoms with Gasteiger partial charge < -0.3 is 4.90 Å². The molecule has 2 rings (SSSR count). The second-order valence-corrected chi connectivity index (χ2v) is 6.02. The molecule has 0 aliphatic carbocycles. The molecule has 21 heavy (non-hydrogen) atoms. The second kappa shape index (κ2) is 6.08. The molecule has 0 saturated carbocycles. The molecular weight excluding hydrogens is 309 g/mol. The van der Waals surface area contributed by atoms with Crippen LogP contribution in [-0.2, 0) is 4.79 Å². The highest BCUT2D eigenvalue weighted by atomic mass is 35.5. The van der Waals surface area contributed by atoms with Crippen LogP contribution in [0.2, 0.25) is 10.0 Å². The maximum absolute atomic E-state index is 12.0. The summed E-state index contributed by atoms with van der Waals surface area (Å²) in [5, 5.41) is 5.64. The maximum atomic E-state index is 12.0. The highest BCUT2D eigenvalue weighted by Gasteiger charge is 2.20. The van der Waals surface area contributed by atoms with Gasteiger partial charge in [-0.05, 0) is 37.6 Å². The Balaban J connectivity index is 2.42. The van der Waals surface area contributed by atoms with Crippen molar-refractivity contribution < 1.29 is 4.79 Å². The standard InChI is InChI=1S/C15H17Cl2N3O/c1-9-8-20(10(2)15(21)19(3)4)18-14(9)12-6-5-11(16)7-13(12)17/h5-8,10H,1-4H3. The van der Waals surface area contributed by atoms with E-state index in [1.165, 1.54) is 0 Å². The van der Waals surface area contributed by atoms with Crippen molar-refractivity contribution in [1.29, 1.82) is 0 Å². The Morgan fingerprint density at radius 2 is 2.00 bits per heavy atom. The Hall–Kier alpha value is -1.52. The third kappa shape index (κ3) is 3.22. The summed E-state index contributed by atoms with van der Waals surface area (Å²) in [7, 11) is 3.46. The molecule has 1 unspecified atom stereocenters. The fourth-order valence-corrected chi connectivity index (χ4v) is 2.61. The van der Waals surface area contributed by atoms with Crippen molar-refractivity contribution in [2.45, 2.75) is 19.9 Å². The minimum absolute atomic E-state index is 0.00810. The molecule has 1 atom stereocenters. The van der Waals surface area contributed by atoms with Gasteiger partial charge in [0.2, 0.25) is 5.91 Å². The molecular formula is C15H17Cl2N3O.